The summed E-state index contributed by atoms with van der Waals surface area (Å²) in [6, 6.07) is 8.07. The van der Waals surface area contributed by atoms with Crippen molar-refractivity contribution in [2.24, 2.45) is 0 Å². The molecule has 7 nitrogen and oxygen atoms in total. The number of carbonyl (C=O) groups excluding carboxylic acids is 1. The highest BCUT2D eigenvalue weighted by molar-refractivity contribution is 6.06. The lowest BCUT2D eigenvalue weighted by Crippen LogP contribution is -2.26. The molecule has 0 aliphatic heterocycles. The van der Waals surface area contributed by atoms with Gasteiger partial charge in [0.15, 0.2) is 0 Å². The first kappa shape index (κ1) is 20.6. The predicted octanol–water partition coefficient (Wildman–Crippen LogP) is 4.79. The average Bonchev–Trinajstić information content (AvgIpc) is 3.31. The van der Waals surface area contributed by atoms with Crippen molar-refractivity contribution in [3.05, 3.63) is 64.7 Å². The molecule has 0 unspecified atom stereocenters. The number of rotatable bonds is 4. The number of aromatic nitrogens is 3. The van der Waals surface area contributed by atoms with Crippen LogP contribution in [0.15, 0.2) is 45.4 Å². The molecule has 10 heteroatoms. The first-order chi connectivity index (χ1) is 14.6. The molecule has 1 amide bonds. The summed E-state index contributed by atoms with van der Waals surface area (Å²) in [6.45, 7) is 3.52. The van der Waals surface area contributed by atoms with Crippen molar-refractivity contribution in [3.63, 3.8) is 0 Å². The highest BCUT2D eigenvalue weighted by Gasteiger charge is 2.34. The van der Waals surface area contributed by atoms with Crippen LogP contribution in [0.25, 0.3) is 22.4 Å². The highest BCUT2D eigenvalue weighted by Crippen LogP contribution is 2.37. The summed E-state index contributed by atoms with van der Waals surface area (Å²) in [4.78, 5) is 18.8. The van der Waals surface area contributed by atoms with Crippen molar-refractivity contribution < 1.29 is 27.0 Å². The molecule has 4 aromatic rings. The number of halogens is 3. The number of alkyl halides is 3. The predicted molar refractivity (Wildman–Crippen MR) is 104 cm³/mol. The number of amides is 1. The minimum atomic E-state index is -4.59. The molecule has 3 heterocycles. The van der Waals surface area contributed by atoms with E-state index in [9.17, 15) is 18.0 Å². The third-order valence-electron chi connectivity index (χ3n) is 4.78. The smallest absolute Gasteiger partial charge is 0.361 e. The van der Waals surface area contributed by atoms with Crippen LogP contribution in [0.5, 0.6) is 0 Å². The number of carbonyl (C=O) groups is 1. The van der Waals surface area contributed by atoms with Crippen molar-refractivity contribution in [1.29, 1.82) is 0 Å². The largest absolute Gasteiger partial charge is 0.417 e. The summed E-state index contributed by atoms with van der Waals surface area (Å²) in [5, 5.41) is 8.05. The van der Waals surface area contributed by atoms with E-state index in [0.29, 0.717) is 22.5 Å². The molecule has 0 aliphatic rings. The fraction of sp³-hybridized carbons (Fsp3) is 0.238. The van der Waals surface area contributed by atoms with Crippen molar-refractivity contribution in [1.82, 2.24) is 20.2 Å². The first-order valence-electron chi connectivity index (χ1n) is 9.26. The molecule has 0 saturated carbocycles. The van der Waals surface area contributed by atoms with Gasteiger partial charge in [-0.15, -0.1) is 0 Å². The molecule has 3 aromatic heterocycles. The van der Waals surface area contributed by atoms with Crippen molar-refractivity contribution in [2.45, 2.75) is 26.6 Å². The van der Waals surface area contributed by atoms with E-state index >= 15 is 0 Å². The molecule has 1 aromatic carbocycles. The van der Waals surface area contributed by atoms with Gasteiger partial charge < -0.3 is 13.9 Å². The van der Waals surface area contributed by atoms with Crippen LogP contribution in [0.3, 0.4) is 0 Å². The van der Waals surface area contributed by atoms with Crippen LogP contribution in [0.2, 0.25) is 0 Å². The van der Waals surface area contributed by atoms with Crippen LogP contribution in [0, 0.1) is 13.8 Å². The van der Waals surface area contributed by atoms with Crippen LogP contribution in [0.4, 0.5) is 13.2 Å². The van der Waals surface area contributed by atoms with E-state index in [1.165, 1.54) is 29.2 Å². The van der Waals surface area contributed by atoms with Crippen molar-refractivity contribution in [2.75, 3.05) is 7.05 Å². The molecule has 0 saturated heterocycles. The van der Waals surface area contributed by atoms with Gasteiger partial charge in [-0.25, -0.2) is 4.98 Å². The molecule has 0 fully saturated rings. The maximum atomic E-state index is 13.5. The lowest BCUT2D eigenvalue weighted by molar-refractivity contribution is -0.137. The summed E-state index contributed by atoms with van der Waals surface area (Å²) < 4.78 is 50.8. The minimum absolute atomic E-state index is 0.0130. The van der Waals surface area contributed by atoms with Crippen molar-refractivity contribution >= 4 is 17.0 Å². The van der Waals surface area contributed by atoms with Crippen LogP contribution in [0.1, 0.15) is 33.1 Å². The Morgan fingerprint density at radius 2 is 1.84 bits per heavy atom. The maximum Gasteiger partial charge on any atom is 0.417 e. The molecule has 160 valence electrons. The number of pyridine rings is 1. The van der Waals surface area contributed by atoms with Gasteiger partial charge in [-0.05, 0) is 26.0 Å². The van der Waals surface area contributed by atoms with E-state index in [1.807, 2.05) is 0 Å². The Labute approximate surface area is 174 Å². The molecule has 0 bridgehead atoms. The van der Waals surface area contributed by atoms with Crippen molar-refractivity contribution in [3.8, 4) is 11.3 Å². The topological polar surface area (TPSA) is 85.3 Å². The average molecular weight is 430 g/mol. The van der Waals surface area contributed by atoms with Crippen LogP contribution in [-0.4, -0.2) is 33.2 Å². The summed E-state index contributed by atoms with van der Waals surface area (Å²) in [6.07, 6.45) is -4.59. The van der Waals surface area contributed by atoms with E-state index in [1.54, 1.807) is 27.0 Å². The fourth-order valence-electron chi connectivity index (χ4n) is 3.37. The molecule has 0 atom stereocenters. The Kier molecular flexibility index (Phi) is 5.00. The lowest BCUT2D eigenvalue weighted by atomic mass is 10.0. The van der Waals surface area contributed by atoms with E-state index < -0.39 is 17.6 Å². The molecule has 0 radical (unpaired) electrons. The van der Waals surface area contributed by atoms with Crippen LogP contribution < -0.4 is 0 Å². The normalized spacial score (nSPS) is 11.8. The van der Waals surface area contributed by atoms with Gasteiger partial charge in [0.25, 0.3) is 11.6 Å². The number of fused-ring (bicyclic) bond motifs is 1. The van der Waals surface area contributed by atoms with Gasteiger partial charge in [0.2, 0.25) is 0 Å². The van der Waals surface area contributed by atoms with Crippen LogP contribution >= 0.6 is 0 Å². The summed E-state index contributed by atoms with van der Waals surface area (Å²) in [5.74, 6) is 0.160. The Bertz CT molecular complexity index is 1280. The third kappa shape index (κ3) is 3.88. The lowest BCUT2D eigenvalue weighted by Gasteiger charge is -2.17. The van der Waals surface area contributed by atoms with Gasteiger partial charge in [0.05, 0.1) is 34.4 Å². The third-order valence-corrected chi connectivity index (χ3v) is 4.78. The van der Waals surface area contributed by atoms with E-state index in [4.69, 9.17) is 9.05 Å². The Morgan fingerprint density at radius 1 is 1.10 bits per heavy atom. The van der Waals surface area contributed by atoms with E-state index in [0.717, 1.165) is 6.07 Å². The molecule has 0 N–H and O–H groups in total. The van der Waals surface area contributed by atoms with Gasteiger partial charge in [-0.1, -0.05) is 28.5 Å². The Morgan fingerprint density at radius 3 is 2.52 bits per heavy atom. The monoisotopic (exact) mass is 430 g/mol. The van der Waals surface area contributed by atoms with E-state index in [-0.39, 0.29) is 29.1 Å². The minimum Gasteiger partial charge on any atom is -0.361 e. The Hall–Kier alpha value is -3.69. The fourth-order valence-corrected chi connectivity index (χ4v) is 3.37. The summed E-state index contributed by atoms with van der Waals surface area (Å²) >= 11 is 0. The standard InChI is InChI=1S/C21H17F3N4O3/c1-11-8-13(27-30-11)10-28(3)20(29)15-9-17(25-19-18(15)12(2)26-31-19)14-6-4-5-7-16(14)21(22,23)24/h4-9H,10H2,1-3H3. The van der Waals surface area contributed by atoms with Crippen LogP contribution in [-0.2, 0) is 12.7 Å². The van der Waals surface area contributed by atoms with Gasteiger partial charge >= 0.3 is 6.18 Å². The number of aryl methyl sites for hydroxylation is 2. The number of hydrogen-bond donors (Lipinski definition) is 0. The maximum absolute atomic E-state index is 13.5. The first-order valence-corrected chi connectivity index (χ1v) is 9.26. The number of hydrogen-bond acceptors (Lipinski definition) is 6. The molecule has 4 rings (SSSR count). The Balaban J connectivity index is 1.83. The second-order valence-electron chi connectivity index (χ2n) is 7.14. The van der Waals surface area contributed by atoms with Gasteiger partial charge in [-0.3, -0.25) is 4.79 Å². The van der Waals surface area contributed by atoms with Gasteiger partial charge in [0, 0.05) is 18.7 Å². The second-order valence-corrected chi connectivity index (χ2v) is 7.14. The zero-order chi connectivity index (χ0) is 22.3. The SMILES string of the molecule is Cc1cc(CN(C)C(=O)c2cc(-c3ccccc3C(F)(F)F)nc3onc(C)c23)no1. The summed E-state index contributed by atoms with van der Waals surface area (Å²) in [5.41, 5.74) is 0.0262. The molecule has 31 heavy (non-hydrogen) atoms. The zero-order valence-corrected chi connectivity index (χ0v) is 16.8. The summed E-state index contributed by atoms with van der Waals surface area (Å²) in [7, 11) is 1.56. The quantitative estimate of drug-likeness (QED) is 0.463. The second kappa shape index (κ2) is 7.53. The van der Waals surface area contributed by atoms with Gasteiger partial charge in [0.1, 0.15) is 11.5 Å². The molecule has 0 spiro atoms. The van der Waals surface area contributed by atoms with Gasteiger partial charge in [-0.2, -0.15) is 13.2 Å². The molecule has 0 aliphatic carbocycles. The highest BCUT2D eigenvalue weighted by atomic mass is 19.4. The molecular weight excluding hydrogens is 413 g/mol. The zero-order valence-electron chi connectivity index (χ0n) is 16.8. The van der Waals surface area contributed by atoms with E-state index in [2.05, 4.69) is 15.3 Å². The number of nitrogens with zero attached hydrogens (tertiary/aromatic N) is 4. The number of benzene rings is 1. The molecular formula is C21H17F3N4O3.